The van der Waals surface area contributed by atoms with E-state index in [9.17, 15) is 4.79 Å². The van der Waals surface area contributed by atoms with Crippen molar-refractivity contribution in [2.75, 3.05) is 6.54 Å². The number of carbonyl (C=O) groups is 1. The second-order valence-electron chi connectivity index (χ2n) is 4.40. The first-order valence-corrected chi connectivity index (χ1v) is 5.04. The molecule has 0 aromatic carbocycles. The normalized spacial score (nSPS) is 13.6. The van der Waals surface area contributed by atoms with Gasteiger partial charge in [0.1, 0.15) is 0 Å². The first-order valence-electron chi connectivity index (χ1n) is 5.04. The molecule has 1 unspecified atom stereocenters. The highest BCUT2D eigenvalue weighted by Crippen LogP contribution is 2.12. The number of primary amides is 1. The number of hydrogen-bond acceptors (Lipinski definition) is 2. The number of amides is 1. The van der Waals surface area contributed by atoms with Crippen LogP contribution in [0.25, 0.3) is 0 Å². The lowest BCUT2D eigenvalue weighted by Gasteiger charge is -2.23. The lowest BCUT2D eigenvalue weighted by atomic mass is 9.92. The van der Waals surface area contributed by atoms with Crippen LogP contribution in [0, 0.1) is 5.41 Å². The average molecular weight is 198 g/mol. The third kappa shape index (κ3) is 5.02. The van der Waals surface area contributed by atoms with E-state index in [0.29, 0.717) is 12.6 Å². The third-order valence-corrected chi connectivity index (χ3v) is 2.36. The highest BCUT2D eigenvalue weighted by atomic mass is 16.1. The van der Waals surface area contributed by atoms with Crippen LogP contribution in [0.1, 0.15) is 33.6 Å². The van der Waals surface area contributed by atoms with E-state index in [1.54, 1.807) is 0 Å². The van der Waals surface area contributed by atoms with E-state index in [0.717, 1.165) is 12.8 Å². The molecule has 1 amide bonds. The van der Waals surface area contributed by atoms with Gasteiger partial charge in [-0.1, -0.05) is 6.08 Å². The van der Waals surface area contributed by atoms with E-state index in [4.69, 9.17) is 5.73 Å². The molecule has 0 heterocycles. The molecule has 3 nitrogen and oxygen atoms in total. The maximum atomic E-state index is 11.0. The van der Waals surface area contributed by atoms with Gasteiger partial charge in [0, 0.05) is 12.6 Å². The number of rotatable bonds is 7. The van der Waals surface area contributed by atoms with Crippen molar-refractivity contribution in [1.29, 1.82) is 0 Å². The zero-order valence-corrected chi connectivity index (χ0v) is 9.47. The maximum Gasteiger partial charge on any atom is 0.224 e. The lowest BCUT2D eigenvalue weighted by Crippen LogP contribution is -2.43. The first-order chi connectivity index (χ1) is 6.40. The molecule has 0 radical (unpaired) electrons. The zero-order valence-electron chi connectivity index (χ0n) is 9.47. The van der Waals surface area contributed by atoms with Crippen LogP contribution < -0.4 is 11.1 Å². The molecule has 0 saturated heterocycles. The van der Waals surface area contributed by atoms with E-state index in [1.807, 2.05) is 19.9 Å². The summed E-state index contributed by atoms with van der Waals surface area (Å²) >= 11 is 0. The van der Waals surface area contributed by atoms with Crippen LogP contribution in [0.15, 0.2) is 12.7 Å². The fourth-order valence-corrected chi connectivity index (χ4v) is 0.986. The summed E-state index contributed by atoms with van der Waals surface area (Å²) in [6.07, 6.45) is 3.93. The van der Waals surface area contributed by atoms with Gasteiger partial charge in [0.25, 0.3) is 0 Å². The van der Waals surface area contributed by atoms with Crippen LogP contribution in [0.3, 0.4) is 0 Å². The molecule has 0 aliphatic rings. The van der Waals surface area contributed by atoms with Crippen LogP contribution >= 0.6 is 0 Å². The van der Waals surface area contributed by atoms with Crippen LogP contribution in [0.2, 0.25) is 0 Å². The van der Waals surface area contributed by atoms with Gasteiger partial charge < -0.3 is 11.1 Å². The van der Waals surface area contributed by atoms with Gasteiger partial charge in [-0.3, -0.25) is 4.79 Å². The molecule has 0 bridgehead atoms. The highest BCUT2D eigenvalue weighted by molar-refractivity contribution is 5.80. The molecule has 0 aromatic heterocycles. The molecule has 0 saturated carbocycles. The van der Waals surface area contributed by atoms with Crippen molar-refractivity contribution < 1.29 is 4.79 Å². The Hall–Kier alpha value is -0.830. The molecule has 82 valence electrons. The molecule has 0 aliphatic carbocycles. The molecule has 14 heavy (non-hydrogen) atoms. The lowest BCUT2D eigenvalue weighted by molar-refractivity contribution is -0.125. The van der Waals surface area contributed by atoms with Crippen LogP contribution in [0.4, 0.5) is 0 Å². The number of hydrogen-bond donors (Lipinski definition) is 2. The maximum absolute atomic E-state index is 11.0. The van der Waals surface area contributed by atoms with Gasteiger partial charge in [-0.2, -0.15) is 0 Å². The Morgan fingerprint density at radius 2 is 2.21 bits per heavy atom. The number of carbonyl (C=O) groups excluding carboxylic acids is 1. The Bertz CT molecular complexity index is 199. The minimum atomic E-state index is -0.470. The van der Waals surface area contributed by atoms with Gasteiger partial charge in [-0.25, -0.2) is 0 Å². The Morgan fingerprint density at radius 3 is 2.64 bits per heavy atom. The quantitative estimate of drug-likeness (QED) is 0.608. The summed E-state index contributed by atoms with van der Waals surface area (Å²) in [7, 11) is 0. The Kier molecular flexibility index (Phi) is 5.46. The van der Waals surface area contributed by atoms with E-state index < -0.39 is 5.41 Å². The third-order valence-electron chi connectivity index (χ3n) is 2.36. The number of nitrogens with one attached hydrogen (secondary N) is 1. The predicted molar refractivity (Wildman–Crippen MR) is 59.9 cm³/mol. The van der Waals surface area contributed by atoms with E-state index >= 15 is 0 Å². The van der Waals surface area contributed by atoms with E-state index in [1.165, 1.54) is 0 Å². The fraction of sp³-hybridized carbons (Fsp3) is 0.727. The van der Waals surface area contributed by atoms with Gasteiger partial charge in [-0.05, 0) is 33.6 Å². The molecule has 0 aromatic rings. The molecular formula is C11H22N2O. The molecule has 1 atom stereocenters. The molecular weight excluding hydrogens is 176 g/mol. The van der Waals surface area contributed by atoms with Gasteiger partial charge >= 0.3 is 0 Å². The Morgan fingerprint density at radius 1 is 1.64 bits per heavy atom. The van der Waals surface area contributed by atoms with Crippen molar-refractivity contribution in [2.45, 2.75) is 39.7 Å². The summed E-state index contributed by atoms with van der Waals surface area (Å²) in [5.74, 6) is -0.263. The van der Waals surface area contributed by atoms with Gasteiger partial charge in [0.15, 0.2) is 0 Å². The van der Waals surface area contributed by atoms with Crippen molar-refractivity contribution in [3.05, 3.63) is 12.7 Å². The monoisotopic (exact) mass is 198 g/mol. The summed E-state index contributed by atoms with van der Waals surface area (Å²) < 4.78 is 0. The standard InChI is InChI=1S/C11H22N2O/c1-5-6-7-9(2)13-8-11(3,4)10(12)14/h5,9,13H,1,6-8H2,2-4H3,(H2,12,14). The van der Waals surface area contributed by atoms with Crippen molar-refractivity contribution in [2.24, 2.45) is 11.1 Å². The van der Waals surface area contributed by atoms with Crippen LogP contribution in [0.5, 0.6) is 0 Å². The number of allylic oxidation sites excluding steroid dienone is 1. The fourth-order valence-electron chi connectivity index (χ4n) is 0.986. The molecule has 0 rings (SSSR count). The largest absolute Gasteiger partial charge is 0.369 e. The van der Waals surface area contributed by atoms with E-state index in [-0.39, 0.29) is 5.91 Å². The summed E-state index contributed by atoms with van der Waals surface area (Å²) in [6.45, 7) is 10.1. The zero-order chi connectivity index (χ0) is 11.2. The molecule has 0 spiro atoms. The van der Waals surface area contributed by atoms with Gasteiger partial charge in [0.2, 0.25) is 5.91 Å². The second kappa shape index (κ2) is 5.81. The number of nitrogens with two attached hydrogens (primary N) is 1. The average Bonchev–Trinajstić information content (AvgIpc) is 2.11. The second-order valence-corrected chi connectivity index (χ2v) is 4.40. The van der Waals surface area contributed by atoms with Crippen molar-refractivity contribution in [3.63, 3.8) is 0 Å². The minimum absolute atomic E-state index is 0.263. The summed E-state index contributed by atoms with van der Waals surface area (Å²) in [5.41, 5.74) is 4.79. The summed E-state index contributed by atoms with van der Waals surface area (Å²) in [6, 6.07) is 0.395. The van der Waals surface area contributed by atoms with Crippen molar-refractivity contribution in [3.8, 4) is 0 Å². The van der Waals surface area contributed by atoms with Crippen molar-refractivity contribution >= 4 is 5.91 Å². The van der Waals surface area contributed by atoms with Crippen LogP contribution in [-0.2, 0) is 4.79 Å². The first kappa shape index (κ1) is 13.2. The van der Waals surface area contributed by atoms with Gasteiger partial charge in [0.05, 0.1) is 5.41 Å². The molecule has 3 N–H and O–H groups in total. The topological polar surface area (TPSA) is 55.1 Å². The Balaban J connectivity index is 3.81. The van der Waals surface area contributed by atoms with Crippen molar-refractivity contribution in [1.82, 2.24) is 5.32 Å². The molecule has 3 heteroatoms. The summed E-state index contributed by atoms with van der Waals surface area (Å²) in [5, 5.41) is 3.29. The highest BCUT2D eigenvalue weighted by Gasteiger charge is 2.24. The predicted octanol–water partition coefficient (Wildman–Crippen LogP) is 1.44. The molecule has 0 fully saturated rings. The smallest absolute Gasteiger partial charge is 0.224 e. The molecule has 0 aliphatic heterocycles. The van der Waals surface area contributed by atoms with Gasteiger partial charge in [-0.15, -0.1) is 6.58 Å². The summed E-state index contributed by atoms with van der Waals surface area (Å²) in [4.78, 5) is 11.0. The van der Waals surface area contributed by atoms with E-state index in [2.05, 4.69) is 18.8 Å². The Labute approximate surface area is 86.8 Å². The minimum Gasteiger partial charge on any atom is -0.369 e. The SMILES string of the molecule is C=CCCC(C)NCC(C)(C)C(N)=O. The van der Waals surface area contributed by atoms with Crippen LogP contribution in [-0.4, -0.2) is 18.5 Å².